The van der Waals surface area contributed by atoms with Crippen LogP contribution >= 0.6 is 0 Å². The molecule has 24 heavy (non-hydrogen) atoms. The van der Waals surface area contributed by atoms with Crippen molar-refractivity contribution in [1.82, 2.24) is 10.2 Å². The molecule has 0 spiro atoms. The number of nitrogens with one attached hydrogen (secondary N) is 1. The molecule has 1 aliphatic heterocycles. The van der Waals surface area contributed by atoms with Gasteiger partial charge in [0.25, 0.3) is 0 Å². The van der Waals surface area contributed by atoms with Gasteiger partial charge in [-0.1, -0.05) is 31.4 Å². The quantitative estimate of drug-likeness (QED) is 0.870. The molecule has 1 aliphatic carbocycles. The Bertz CT molecular complexity index is 560. The van der Waals surface area contributed by atoms with Gasteiger partial charge in [0.15, 0.2) is 0 Å². The summed E-state index contributed by atoms with van der Waals surface area (Å²) in [6.45, 7) is 1.95. The molecular formula is C19H27FN2O2. The molecule has 5 heteroatoms. The molecule has 1 saturated carbocycles. The van der Waals surface area contributed by atoms with E-state index in [1.54, 1.807) is 12.1 Å². The molecule has 3 rings (SSSR count). The van der Waals surface area contributed by atoms with E-state index in [1.807, 2.05) is 0 Å². The molecule has 1 saturated heterocycles. The maximum atomic E-state index is 13.2. The molecule has 2 atom stereocenters. The SMILES string of the molecule is O=C(NC[C@H](O)c1cccc(F)c1)[C@@H]1CCN(C2CCCCC2)C1. The van der Waals surface area contributed by atoms with Crippen molar-refractivity contribution in [1.29, 1.82) is 0 Å². The molecule has 0 radical (unpaired) electrons. The Morgan fingerprint density at radius 2 is 2.08 bits per heavy atom. The molecule has 2 fully saturated rings. The molecular weight excluding hydrogens is 307 g/mol. The fourth-order valence-electron chi connectivity index (χ4n) is 3.95. The fourth-order valence-corrected chi connectivity index (χ4v) is 3.95. The summed E-state index contributed by atoms with van der Waals surface area (Å²) in [6.07, 6.45) is 6.47. The first-order valence-corrected chi connectivity index (χ1v) is 9.09. The standard InChI is InChI=1S/C19H27FN2O2/c20-16-6-4-5-14(11-16)18(23)12-21-19(24)15-9-10-22(13-15)17-7-2-1-3-8-17/h4-6,11,15,17-18,23H,1-3,7-10,12-13H2,(H,21,24)/t15-,18+/m1/s1. The van der Waals surface area contributed by atoms with E-state index in [2.05, 4.69) is 10.2 Å². The van der Waals surface area contributed by atoms with Crippen LogP contribution in [0.3, 0.4) is 0 Å². The monoisotopic (exact) mass is 334 g/mol. The van der Waals surface area contributed by atoms with Crippen LogP contribution in [0.15, 0.2) is 24.3 Å². The summed E-state index contributed by atoms with van der Waals surface area (Å²) in [5.74, 6) is -0.368. The number of carbonyl (C=O) groups excluding carboxylic acids is 1. The highest BCUT2D eigenvalue weighted by atomic mass is 19.1. The van der Waals surface area contributed by atoms with Crippen molar-refractivity contribution in [3.63, 3.8) is 0 Å². The van der Waals surface area contributed by atoms with E-state index >= 15 is 0 Å². The van der Waals surface area contributed by atoms with Gasteiger partial charge in [0.05, 0.1) is 12.0 Å². The summed E-state index contributed by atoms with van der Waals surface area (Å²) in [6, 6.07) is 6.52. The van der Waals surface area contributed by atoms with Crippen LogP contribution in [0.25, 0.3) is 0 Å². The van der Waals surface area contributed by atoms with Gasteiger partial charge in [0, 0.05) is 19.1 Å². The summed E-state index contributed by atoms with van der Waals surface area (Å²) in [4.78, 5) is 14.8. The predicted molar refractivity (Wildman–Crippen MR) is 90.9 cm³/mol. The second kappa shape index (κ2) is 8.08. The van der Waals surface area contributed by atoms with E-state index in [4.69, 9.17) is 0 Å². The molecule has 0 bridgehead atoms. The Morgan fingerprint density at radius 3 is 2.83 bits per heavy atom. The van der Waals surface area contributed by atoms with Crippen molar-refractivity contribution in [3.8, 4) is 0 Å². The van der Waals surface area contributed by atoms with E-state index in [0.717, 1.165) is 19.5 Å². The molecule has 2 N–H and O–H groups in total. The van der Waals surface area contributed by atoms with Crippen LogP contribution in [0.4, 0.5) is 4.39 Å². The molecule has 1 heterocycles. The number of nitrogens with zero attached hydrogens (tertiary/aromatic N) is 1. The second-order valence-corrected chi connectivity index (χ2v) is 7.09. The van der Waals surface area contributed by atoms with Crippen LogP contribution in [0, 0.1) is 11.7 Å². The number of halogens is 1. The number of hydrogen-bond acceptors (Lipinski definition) is 3. The highest BCUT2D eigenvalue weighted by molar-refractivity contribution is 5.79. The van der Waals surface area contributed by atoms with Gasteiger partial charge in [0.1, 0.15) is 5.82 Å². The van der Waals surface area contributed by atoms with Crippen molar-refractivity contribution >= 4 is 5.91 Å². The van der Waals surface area contributed by atoms with E-state index in [0.29, 0.717) is 11.6 Å². The van der Waals surface area contributed by atoms with Crippen molar-refractivity contribution in [2.45, 2.75) is 50.7 Å². The minimum Gasteiger partial charge on any atom is -0.387 e. The molecule has 4 nitrogen and oxygen atoms in total. The van der Waals surface area contributed by atoms with Gasteiger partial charge >= 0.3 is 0 Å². The largest absolute Gasteiger partial charge is 0.387 e. The Kier molecular flexibility index (Phi) is 5.85. The third-order valence-corrected chi connectivity index (χ3v) is 5.38. The van der Waals surface area contributed by atoms with Gasteiger partial charge in [-0.25, -0.2) is 4.39 Å². The Hall–Kier alpha value is -1.46. The van der Waals surface area contributed by atoms with Crippen molar-refractivity contribution in [2.75, 3.05) is 19.6 Å². The van der Waals surface area contributed by atoms with Crippen LogP contribution in [-0.2, 0) is 4.79 Å². The number of amides is 1. The number of hydrogen-bond donors (Lipinski definition) is 2. The Labute approximate surface area is 143 Å². The van der Waals surface area contributed by atoms with E-state index in [1.165, 1.54) is 44.2 Å². The number of carbonyl (C=O) groups is 1. The van der Waals surface area contributed by atoms with Crippen LogP contribution in [0.1, 0.15) is 50.2 Å². The van der Waals surface area contributed by atoms with E-state index in [9.17, 15) is 14.3 Å². The summed E-state index contributed by atoms with van der Waals surface area (Å²) < 4.78 is 13.2. The molecule has 132 valence electrons. The van der Waals surface area contributed by atoms with Crippen molar-refractivity contribution in [3.05, 3.63) is 35.6 Å². The first kappa shape index (κ1) is 17.4. The lowest BCUT2D eigenvalue weighted by atomic mass is 9.94. The Balaban J connectivity index is 1.45. The number of aliphatic hydroxyl groups is 1. The molecule has 0 aromatic heterocycles. The Morgan fingerprint density at radius 1 is 1.29 bits per heavy atom. The van der Waals surface area contributed by atoms with Crippen molar-refractivity contribution < 1.29 is 14.3 Å². The fraction of sp³-hybridized carbons (Fsp3) is 0.632. The zero-order valence-electron chi connectivity index (χ0n) is 14.1. The van der Waals surface area contributed by atoms with Gasteiger partial charge in [-0.3, -0.25) is 9.69 Å². The van der Waals surface area contributed by atoms with Gasteiger partial charge in [0.2, 0.25) is 5.91 Å². The topological polar surface area (TPSA) is 52.6 Å². The second-order valence-electron chi connectivity index (χ2n) is 7.09. The molecule has 0 unspecified atom stereocenters. The molecule has 1 aromatic carbocycles. The van der Waals surface area contributed by atoms with Crippen LogP contribution < -0.4 is 5.32 Å². The van der Waals surface area contributed by atoms with Crippen LogP contribution in [-0.4, -0.2) is 41.6 Å². The highest BCUT2D eigenvalue weighted by Gasteiger charge is 2.32. The van der Waals surface area contributed by atoms with E-state index < -0.39 is 6.10 Å². The summed E-state index contributed by atoms with van der Waals surface area (Å²) >= 11 is 0. The smallest absolute Gasteiger partial charge is 0.224 e. The lowest BCUT2D eigenvalue weighted by molar-refractivity contribution is -0.125. The number of likely N-dealkylation sites (tertiary alicyclic amines) is 1. The number of benzene rings is 1. The predicted octanol–water partition coefficient (Wildman–Crippen LogP) is 2.63. The third kappa shape index (κ3) is 4.33. The van der Waals surface area contributed by atoms with Gasteiger partial charge in [-0.05, 0) is 43.5 Å². The molecule has 1 aromatic rings. The maximum Gasteiger partial charge on any atom is 0.224 e. The summed E-state index contributed by atoms with van der Waals surface area (Å²) in [7, 11) is 0. The minimum absolute atomic E-state index is 0.00348. The van der Waals surface area contributed by atoms with Crippen LogP contribution in [0.5, 0.6) is 0 Å². The summed E-state index contributed by atoms with van der Waals surface area (Å²) in [5.41, 5.74) is 0.491. The lowest BCUT2D eigenvalue weighted by Crippen LogP contribution is -2.38. The maximum absolute atomic E-state index is 13.2. The van der Waals surface area contributed by atoms with Crippen molar-refractivity contribution in [2.24, 2.45) is 5.92 Å². The zero-order chi connectivity index (χ0) is 16.9. The number of rotatable bonds is 5. The number of aliphatic hydroxyl groups excluding tert-OH is 1. The zero-order valence-corrected chi connectivity index (χ0v) is 14.1. The van der Waals surface area contributed by atoms with E-state index in [-0.39, 0.29) is 24.2 Å². The van der Waals surface area contributed by atoms with Gasteiger partial charge in [-0.2, -0.15) is 0 Å². The van der Waals surface area contributed by atoms with Crippen LogP contribution in [0.2, 0.25) is 0 Å². The molecule has 1 amide bonds. The summed E-state index contributed by atoms with van der Waals surface area (Å²) in [5, 5.41) is 12.9. The van der Waals surface area contributed by atoms with Gasteiger partial charge < -0.3 is 10.4 Å². The third-order valence-electron chi connectivity index (χ3n) is 5.38. The molecule has 2 aliphatic rings. The lowest BCUT2D eigenvalue weighted by Gasteiger charge is -2.30. The normalized spacial score (nSPS) is 24.0. The average Bonchev–Trinajstić information content (AvgIpc) is 3.10. The first-order chi connectivity index (χ1) is 11.6. The minimum atomic E-state index is -0.875. The van der Waals surface area contributed by atoms with Gasteiger partial charge in [-0.15, -0.1) is 0 Å². The highest BCUT2D eigenvalue weighted by Crippen LogP contribution is 2.27. The average molecular weight is 334 g/mol. The first-order valence-electron chi connectivity index (χ1n) is 9.09.